The number of carboxylic acids is 1. The summed E-state index contributed by atoms with van der Waals surface area (Å²) in [7, 11) is 0. The highest BCUT2D eigenvalue weighted by Gasteiger charge is 2.10. The second-order valence-electron chi connectivity index (χ2n) is 4.19. The van der Waals surface area contributed by atoms with Crippen LogP contribution in [0.3, 0.4) is 0 Å². The van der Waals surface area contributed by atoms with Crippen LogP contribution in [0.1, 0.15) is 15.9 Å². The summed E-state index contributed by atoms with van der Waals surface area (Å²) in [6.45, 7) is 2.56. The maximum atomic E-state index is 11.0. The van der Waals surface area contributed by atoms with Gasteiger partial charge in [0.25, 0.3) is 0 Å². The summed E-state index contributed by atoms with van der Waals surface area (Å²) in [5.74, 6) is -0.0342. The molecule has 5 heteroatoms. The minimum absolute atomic E-state index is 0.0931. The van der Waals surface area contributed by atoms with E-state index < -0.39 is 5.97 Å². The van der Waals surface area contributed by atoms with Crippen LogP contribution in [0, 0.1) is 6.92 Å². The molecule has 0 saturated heterocycles. The summed E-state index contributed by atoms with van der Waals surface area (Å²) >= 11 is 0. The van der Waals surface area contributed by atoms with Crippen LogP contribution < -0.4 is 9.47 Å². The minimum atomic E-state index is -1.04. The molecule has 0 aliphatic carbocycles. The van der Waals surface area contributed by atoms with E-state index in [1.54, 1.807) is 0 Å². The number of benzene rings is 1. The van der Waals surface area contributed by atoms with Gasteiger partial charge in [-0.15, -0.1) is 0 Å². The van der Waals surface area contributed by atoms with Crippen LogP contribution in [0.2, 0.25) is 0 Å². The molecule has 1 aromatic heterocycles. The molecule has 104 valence electrons. The van der Waals surface area contributed by atoms with E-state index in [0.717, 1.165) is 11.3 Å². The van der Waals surface area contributed by atoms with Crippen molar-refractivity contribution in [2.75, 3.05) is 13.2 Å². The molecular weight excluding hydrogens is 258 g/mol. The van der Waals surface area contributed by atoms with Gasteiger partial charge >= 0.3 is 5.97 Å². The van der Waals surface area contributed by atoms with Crippen molar-refractivity contribution in [2.24, 2.45) is 0 Å². The van der Waals surface area contributed by atoms with Gasteiger partial charge in [0, 0.05) is 6.20 Å². The smallest absolute Gasteiger partial charge is 0.339 e. The third-order valence-electron chi connectivity index (χ3n) is 2.61. The van der Waals surface area contributed by atoms with Gasteiger partial charge in [0.05, 0.1) is 6.20 Å². The highest BCUT2D eigenvalue weighted by atomic mass is 16.5. The molecule has 0 aliphatic rings. The van der Waals surface area contributed by atoms with Crippen molar-refractivity contribution in [1.29, 1.82) is 0 Å². The normalized spacial score (nSPS) is 10.1. The number of nitrogens with zero attached hydrogens (tertiary/aromatic N) is 1. The number of carbonyl (C=O) groups is 1. The Hall–Kier alpha value is -2.56. The van der Waals surface area contributed by atoms with Crippen molar-refractivity contribution in [1.82, 2.24) is 4.98 Å². The van der Waals surface area contributed by atoms with Crippen LogP contribution in [0.4, 0.5) is 0 Å². The second kappa shape index (κ2) is 6.56. The molecule has 0 fully saturated rings. The molecule has 20 heavy (non-hydrogen) atoms. The quantitative estimate of drug-likeness (QED) is 0.819. The first-order valence-electron chi connectivity index (χ1n) is 6.16. The van der Waals surface area contributed by atoms with Gasteiger partial charge in [-0.05, 0) is 30.7 Å². The van der Waals surface area contributed by atoms with Gasteiger partial charge in [0.1, 0.15) is 24.5 Å². The fourth-order valence-corrected chi connectivity index (χ4v) is 1.69. The maximum absolute atomic E-state index is 11.0. The number of rotatable bonds is 6. The van der Waals surface area contributed by atoms with Crippen molar-refractivity contribution >= 4 is 5.97 Å². The van der Waals surface area contributed by atoms with Gasteiger partial charge in [0.2, 0.25) is 0 Å². The number of aryl methyl sites for hydroxylation is 1. The van der Waals surface area contributed by atoms with Gasteiger partial charge in [-0.25, -0.2) is 4.79 Å². The lowest BCUT2D eigenvalue weighted by molar-refractivity contribution is 0.0691. The Labute approximate surface area is 116 Å². The molecule has 0 atom stereocenters. The predicted octanol–water partition coefficient (Wildman–Crippen LogP) is 2.55. The summed E-state index contributed by atoms with van der Waals surface area (Å²) in [4.78, 5) is 14.8. The Morgan fingerprint density at radius 2 is 2.05 bits per heavy atom. The summed E-state index contributed by atoms with van der Waals surface area (Å²) in [5, 5.41) is 8.99. The van der Waals surface area contributed by atoms with Crippen molar-refractivity contribution in [3.05, 3.63) is 53.9 Å². The highest BCUT2D eigenvalue weighted by Crippen LogP contribution is 2.16. The standard InChI is InChI=1S/C15H15NO4/c1-11-3-2-4-12(9-11)19-7-8-20-14-10-16-6-5-13(14)15(17)18/h2-6,9-10H,7-8H2,1H3,(H,17,18). The molecule has 0 radical (unpaired) electrons. The van der Waals surface area contributed by atoms with Crippen LogP contribution >= 0.6 is 0 Å². The highest BCUT2D eigenvalue weighted by molar-refractivity contribution is 5.90. The minimum Gasteiger partial charge on any atom is -0.490 e. The molecule has 0 amide bonds. The third-order valence-corrected chi connectivity index (χ3v) is 2.61. The Morgan fingerprint density at radius 1 is 1.25 bits per heavy atom. The molecule has 1 heterocycles. The van der Waals surface area contributed by atoms with Crippen molar-refractivity contribution in [3.63, 3.8) is 0 Å². The van der Waals surface area contributed by atoms with Crippen LogP contribution in [-0.2, 0) is 0 Å². The number of pyridine rings is 1. The zero-order valence-corrected chi connectivity index (χ0v) is 11.1. The predicted molar refractivity (Wildman–Crippen MR) is 73.4 cm³/mol. The topological polar surface area (TPSA) is 68.7 Å². The average molecular weight is 273 g/mol. The average Bonchev–Trinajstić information content (AvgIpc) is 2.44. The van der Waals surface area contributed by atoms with Gasteiger partial charge in [-0.1, -0.05) is 12.1 Å². The first-order chi connectivity index (χ1) is 9.66. The monoisotopic (exact) mass is 273 g/mol. The van der Waals surface area contributed by atoms with Crippen LogP contribution in [0.5, 0.6) is 11.5 Å². The van der Waals surface area contributed by atoms with E-state index in [0.29, 0.717) is 6.61 Å². The van der Waals surface area contributed by atoms with Crippen molar-refractivity contribution in [3.8, 4) is 11.5 Å². The molecule has 1 N–H and O–H groups in total. The SMILES string of the molecule is Cc1cccc(OCCOc2cnccc2C(=O)O)c1. The summed E-state index contributed by atoms with van der Waals surface area (Å²) in [6, 6.07) is 9.08. The molecule has 2 rings (SSSR count). The molecule has 2 aromatic rings. The number of ether oxygens (including phenoxy) is 2. The lowest BCUT2D eigenvalue weighted by Gasteiger charge is -2.10. The van der Waals surface area contributed by atoms with Gasteiger partial charge < -0.3 is 14.6 Å². The van der Waals surface area contributed by atoms with E-state index in [4.69, 9.17) is 14.6 Å². The fraction of sp³-hybridized carbons (Fsp3) is 0.200. The summed E-state index contributed by atoms with van der Waals surface area (Å²) in [5.41, 5.74) is 1.21. The van der Waals surface area contributed by atoms with E-state index in [2.05, 4.69) is 4.98 Å². The summed E-state index contributed by atoms with van der Waals surface area (Å²) in [6.07, 6.45) is 2.80. The van der Waals surface area contributed by atoms with Gasteiger partial charge in [-0.3, -0.25) is 4.98 Å². The number of carboxylic acid groups (broad SMARTS) is 1. The molecule has 0 bridgehead atoms. The van der Waals surface area contributed by atoms with Crippen molar-refractivity contribution < 1.29 is 19.4 Å². The van der Waals surface area contributed by atoms with Crippen molar-refractivity contribution in [2.45, 2.75) is 6.92 Å². The Bertz CT molecular complexity index is 598. The first-order valence-corrected chi connectivity index (χ1v) is 6.16. The number of aromatic nitrogens is 1. The largest absolute Gasteiger partial charge is 0.490 e. The number of aromatic carboxylic acids is 1. The molecular formula is C15H15NO4. The Kier molecular flexibility index (Phi) is 4.55. The first kappa shape index (κ1) is 13.9. The Morgan fingerprint density at radius 3 is 2.80 bits per heavy atom. The van der Waals surface area contributed by atoms with Gasteiger partial charge in [0.15, 0.2) is 5.75 Å². The number of hydrogen-bond donors (Lipinski definition) is 1. The molecule has 5 nitrogen and oxygen atoms in total. The van der Waals surface area contributed by atoms with E-state index in [-0.39, 0.29) is 17.9 Å². The van der Waals surface area contributed by atoms with E-state index in [9.17, 15) is 4.79 Å². The van der Waals surface area contributed by atoms with Crippen LogP contribution in [0.15, 0.2) is 42.7 Å². The fourth-order valence-electron chi connectivity index (χ4n) is 1.69. The molecule has 0 saturated carbocycles. The molecule has 0 unspecified atom stereocenters. The van der Waals surface area contributed by atoms with Crippen LogP contribution in [0.25, 0.3) is 0 Å². The molecule has 0 spiro atoms. The summed E-state index contributed by atoms with van der Waals surface area (Å²) < 4.78 is 10.9. The molecule has 0 aliphatic heterocycles. The Balaban J connectivity index is 1.86. The number of hydrogen-bond acceptors (Lipinski definition) is 4. The zero-order chi connectivity index (χ0) is 14.4. The lowest BCUT2D eigenvalue weighted by atomic mass is 10.2. The zero-order valence-electron chi connectivity index (χ0n) is 11.1. The van der Waals surface area contributed by atoms with E-state index in [1.807, 2.05) is 31.2 Å². The maximum Gasteiger partial charge on any atom is 0.339 e. The van der Waals surface area contributed by atoms with Crippen LogP contribution in [-0.4, -0.2) is 29.3 Å². The molecule has 1 aromatic carbocycles. The van der Waals surface area contributed by atoms with Gasteiger partial charge in [-0.2, -0.15) is 0 Å². The van der Waals surface area contributed by atoms with E-state index in [1.165, 1.54) is 18.5 Å². The lowest BCUT2D eigenvalue weighted by Crippen LogP contribution is -2.11. The third kappa shape index (κ3) is 3.71. The second-order valence-corrected chi connectivity index (χ2v) is 4.19. The van der Waals surface area contributed by atoms with E-state index >= 15 is 0 Å².